The van der Waals surface area contributed by atoms with Crippen LogP contribution in [0.5, 0.6) is 0 Å². The molecule has 6 nitrogen and oxygen atoms in total. The maximum absolute atomic E-state index is 12.6. The van der Waals surface area contributed by atoms with Gasteiger partial charge in [-0.3, -0.25) is 24.3 Å². The topological polar surface area (TPSA) is 70.6 Å². The Labute approximate surface area is 151 Å². The molecule has 4 rings (SSSR count). The number of hydrogen-bond acceptors (Lipinski definition) is 4. The quantitative estimate of drug-likeness (QED) is 0.793. The molecule has 0 bridgehead atoms. The summed E-state index contributed by atoms with van der Waals surface area (Å²) in [6, 6.07) is 10.9. The second-order valence-electron chi connectivity index (χ2n) is 6.83. The second kappa shape index (κ2) is 6.37. The van der Waals surface area contributed by atoms with Crippen molar-refractivity contribution in [3.8, 4) is 0 Å². The molecule has 3 amide bonds. The van der Waals surface area contributed by atoms with Crippen molar-refractivity contribution in [3.05, 3.63) is 65.0 Å². The molecular weight excluding hydrogens is 330 g/mol. The number of imide groups is 1. The third kappa shape index (κ3) is 2.77. The first-order valence-electron chi connectivity index (χ1n) is 8.71. The standard InChI is InChI=1S/C20H19N3O3/c1-13-4-2-5-14(10-13)11-17(24)22-9-7-15(12-22)23-19(25)16-6-3-8-21-18(16)20(23)26/h2-6,8,10,15H,7,9,11-12H2,1H3. The average Bonchev–Trinajstić information content (AvgIpc) is 3.20. The van der Waals surface area contributed by atoms with Gasteiger partial charge < -0.3 is 4.90 Å². The van der Waals surface area contributed by atoms with E-state index in [1.807, 2.05) is 31.2 Å². The first-order chi connectivity index (χ1) is 12.5. The number of aryl methyl sites for hydroxylation is 1. The molecule has 0 aliphatic carbocycles. The van der Waals surface area contributed by atoms with Crippen LogP contribution in [0.3, 0.4) is 0 Å². The summed E-state index contributed by atoms with van der Waals surface area (Å²) in [5.74, 6) is -0.646. The Morgan fingerprint density at radius 2 is 2.04 bits per heavy atom. The van der Waals surface area contributed by atoms with Crippen LogP contribution < -0.4 is 0 Å². The van der Waals surface area contributed by atoms with Crippen LogP contribution in [0.25, 0.3) is 0 Å². The zero-order valence-electron chi connectivity index (χ0n) is 14.5. The Balaban J connectivity index is 1.45. The van der Waals surface area contributed by atoms with Gasteiger partial charge in [-0.05, 0) is 31.0 Å². The number of aromatic nitrogens is 1. The van der Waals surface area contributed by atoms with E-state index in [0.29, 0.717) is 31.5 Å². The van der Waals surface area contributed by atoms with Crippen LogP contribution in [-0.2, 0) is 11.2 Å². The Morgan fingerprint density at radius 1 is 1.19 bits per heavy atom. The van der Waals surface area contributed by atoms with Crippen LogP contribution >= 0.6 is 0 Å². The smallest absolute Gasteiger partial charge is 0.280 e. The zero-order chi connectivity index (χ0) is 18.3. The van der Waals surface area contributed by atoms with Gasteiger partial charge in [0.05, 0.1) is 18.0 Å². The fourth-order valence-corrected chi connectivity index (χ4v) is 3.70. The molecule has 0 radical (unpaired) electrons. The highest BCUT2D eigenvalue weighted by Gasteiger charge is 2.43. The molecule has 3 heterocycles. The van der Waals surface area contributed by atoms with Crippen LogP contribution in [-0.4, -0.2) is 51.6 Å². The minimum absolute atomic E-state index is 0.0211. The number of carbonyl (C=O) groups is 3. The minimum atomic E-state index is -0.358. The number of pyridine rings is 1. The normalized spacial score (nSPS) is 19.2. The maximum atomic E-state index is 12.6. The largest absolute Gasteiger partial charge is 0.340 e. The molecule has 1 aromatic carbocycles. The summed E-state index contributed by atoms with van der Waals surface area (Å²) in [5.41, 5.74) is 2.65. The zero-order valence-corrected chi connectivity index (χ0v) is 14.5. The molecule has 1 atom stereocenters. The lowest BCUT2D eigenvalue weighted by Gasteiger charge is -2.22. The van der Waals surface area contributed by atoms with Gasteiger partial charge in [-0.1, -0.05) is 29.8 Å². The van der Waals surface area contributed by atoms with Crippen LogP contribution in [0.4, 0.5) is 0 Å². The number of benzene rings is 1. The van der Waals surface area contributed by atoms with Crippen molar-refractivity contribution in [2.45, 2.75) is 25.8 Å². The van der Waals surface area contributed by atoms with Gasteiger partial charge in [0, 0.05) is 19.3 Å². The Hall–Kier alpha value is -3.02. The molecular formula is C20H19N3O3. The highest BCUT2D eigenvalue weighted by molar-refractivity contribution is 6.20. The van der Waals surface area contributed by atoms with Gasteiger partial charge in [0.15, 0.2) is 0 Å². The van der Waals surface area contributed by atoms with Gasteiger partial charge in [0.1, 0.15) is 5.69 Å². The summed E-state index contributed by atoms with van der Waals surface area (Å²) < 4.78 is 0. The molecule has 2 aromatic rings. The number of amides is 3. The molecule has 1 fully saturated rings. The van der Waals surface area contributed by atoms with Crippen molar-refractivity contribution >= 4 is 17.7 Å². The van der Waals surface area contributed by atoms with Crippen LogP contribution in [0.1, 0.15) is 38.4 Å². The van der Waals surface area contributed by atoms with E-state index in [0.717, 1.165) is 11.1 Å². The lowest BCUT2D eigenvalue weighted by Crippen LogP contribution is -2.42. The average molecular weight is 349 g/mol. The van der Waals surface area contributed by atoms with Gasteiger partial charge in [-0.15, -0.1) is 0 Å². The highest BCUT2D eigenvalue weighted by Crippen LogP contribution is 2.27. The van der Waals surface area contributed by atoms with Gasteiger partial charge in [0.2, 0.25) is 5.91 Å². The highest BCUT2D eigenvalue weighted by atomic mass is 16.2. The molecule has 0 N–H and O–H groups in total. The Morgan fingerprint density at radius 3 is 2.81 bits per heavy atom. The molecule has 6 heteroatoms. The Kier molecular flexibility index (Phi) is 4.03. The molecule has 0 spiro atoms. The van der Waals surface area contributed by atoms with Crippen LogP contribution in [0.15, 0.2) is 42.6 Å². The number of hydrogen-bond donors (Lipinski definition) is 0. The van der Waals surface area contributed by atoms with Gasteiger partial charge in [-0.25, -0.2) is 0 Å². The van der Waals surface area contributed by atoms with Crippen LogP contribution in [0.2, 0.25) is 0 Å². The minimum Gasteiger partial charge on any atom is -0.340 e. The van der Waals surface area contributed by atoms with E-state index in [4.69, 9.17) is 0 Å². The predicted molar refractivity (Wildman–Crippen MR) is 94.6 cm³/mol. The van der Waals surface area contributed by atoms with E-state index in [1.54, 1.807) is 17.0 Å². The summed E-state index contributed by atoms with van der Waals surface area (Å²) in [6.45, 7) is 2.93. The fourth-order valence-electron chi connectivity index (χ4n) is 3.70. The Bertz CT molecular complexity index is 874. The number of likely N-dealkylation sites (tertiary alicyclic amines) is 1. The second-order valence-corrected chi connectivity index (χ2v) is 6.83. The van der Waals surface area contributed by atoms with E-state index in [2.05, 4.69) is 4.98 Å². The third-order valence-corrected chi connectivity index (χ3v) is 5.00. The first-order valence-corrected chi connectivity index (χ1v) is 8.71. The first kappa shape index (κ1) is 16.4. The fraction of sp³-hybridized carbons (Fsp3) is 0.300. The summed E-state index contributed by atoms with van der Waals surface area (Å²) in [7, 11) is 0. The summed E-state index contributed by atoms with van der Waals surface area (Å²) >= 11 is 0. The van der Waals surface area contributed by atoms with Gasteiger partial charge in [0.25, 0.3) is 11.8 Å². The molecule has 1 aromatic heterocycles. The molecule has 2 aliphatic heterocycles. The SMILES string of the molecule is Cc1cccc(CC(=O)N2CCC(N3C(=O)c4cccnc4C3=O)C2)c1. The van der Waals surface area contributed by atoms with Crippen LogP contribution in [0, 0.1) is 6.92 Å². The summed E-state index contributed by atoms with van der Waals surface area (Å²) in [4.78, 5) is 44.7. The summed E-state index contributed by atoms with van der Waals surface area (Å²) in [5, 5.41) is 0. The molecule has 132 valence electrons. The maximum Gasteiger partial charge on any atom is 0.280 e. The molecule has 2 aliphatic rings. The van der Waals surface area contributed by atoms with Crippen molar-refractivity contribution < 1.29 is 14.4 Å². The number of nitrogens with zero attached hydrogens (tertiary/aromatic N) is 3. The van der Waals surface area contributed by atoms with Crippen molar-refractivity contribution in [1.82, 2.24) is 14.8 Å². The van der Waals surface area contributed by atoms with E-state index < -0.39 is 0 Å². The van der Waals surface area contributed by atoms with Crippen molar-refractivity contribution in [2.75, 3.05) is 13.1 Å². The monoisotopic (exact) mass is 349 g/mol. The van der Waals surface area contributed by atoms with E-state index in [9.17, 15) is 14.4 Å². The van der Waals surface area contributed by atoms with Crippen molar-refractivity contribution in [1.29, 1.82) is 0 Å². The predicted octanol–water partition coefficient (Wildman–Crippen LogP) is 1.83. The molecule has 0 saturated carbocycles. The van der Waals surface area contributed by atoms with Crippen molar-refractivity contribution in [3.63, 3.8) is 0 Å². The number of rotatable bonds is 3. The van der Waals surface area contributed by atoms with Gasteiger partial charge >= 0.3 is 0 Å². The lowest BCUT2D eigenvalue weighted by molar-refractivity contribution is -0.129. The lowest BCUT2D eigenvalue weighted by atomic mass is 10.1. The third-order valence-electron chi connectivity index (χ3n) is 5.00. The number of carbonyl (C=O) groups excluding carboxylic acids is 3. The van der Waals surface area contributed by atoms with E-state index in [1.165, 1.54) is 11.1 Å². The van der Waals surface area contributed by atoms with E-state index in [-0.39, 0.29) is 29.5 Å². The molecule has 26 heavy (non-hydrogen) atoms. The van der Waals surface area contributed by atoms with Crippen molar-refractivity contribution in [2.24, 2.45) is 0 Å². The van der Waals surface area contributed by atoms with E-state index >= 15 is 0 Å². The molecule has 1 unspecified atom stereocenters. The molecule has 1 saturated heterocycles. The summed E-state index contributed by atoms with van der Waals surface area (Å²) in [6.07, 6.45) is 2.45. The van der Waals surface area contributed by atoms with Gasteiger partial charge in [-0.2, -0.15) is 0 Å². The number of fused-ring (bicyclic) bond motifs is 1.